The summed E-state index contributed by atoms with van der Waals surface area (Å²) in [6.45, 7) is 3.56. The lowest BCUT2D eigenvalue weighted by Gasteiger charge is -2.23. The molecule has 1 aromatic rings. The number of anilines is 1. The van der Waals surface area contributed by atoms with Gasteiger partial charge in [0, 0.05) is 13.1 Å². The molecule has 0 aliphatic rings. The molecule has 1 rings (SSSR count). The van der Waals surface area contributed by atoms with E-state index < -0.39 is 6.04 Å². The van der Waals surface area contributed by atoms with Crippen LogP contribution in [0.1, 0.15) is 12.5 Å². The molecule has 0 bridgehead atoms. The maximum Gasteiger partial charge on any atom is 0.243 e. The van der Waals surface area contributed by atoms with Crippen molar-refractivity contribution in [3.8, 4) is 11.5 Å². The van der Waals surface area contributed by atoms with Gasteiger partial charge >= 0.3 is 0 Å². The van der Waals surface area contributed by atoms with Gasteiger partial charge in [-0.15, -0.1) is 0 Å². The molecule has 2 N–H and O–H groups in total. The molecule has 0 fully saturated rings. The Morgan fingerprint density at radius 3 is 2.28 bits per heavy atom. The van der Waals surface area contributed by atoms with Gasteiger partial charge in [-0.05, 0) is 25.5 Å². The predicted octanol–water partition coefficient (Wildman–Crippen LogP) is 1.32. The summed E-state index contributed by atoms with van der Waals surface area (Å²) in [7, 11) is 4.82. The van der Waals surface area contributed by atoms with Gasteiger partial charge in [0.1, 0.15) is 11.5 Å². The minimum Gasteiger partial charge on any atom is -0.496 e. The molecule has 1 amide bonds. The summed E-state index contributed by atoms with van der Waals surface area (Å²) < 4.78 is 10.5. The molecule has 0 saturated heterocycles. The molecule has 0 heterocycles. The number of benzene rings is 1. The maximum absolute atomic E-state index is 11.9. The van der Waals surface area contributed by atoms with E-state index >= 15 is 0 Å². The first-order valence-electron chi connectivity index (χ1n) is 5.68. The number of likely N-dealkylation sites (N-methyl/N-ethyl adjacent to an activating group) is 1. The number of carbonyl (C=O) groups excluding carboxylic acids is 1. The first kappa shape index (κ1) is 14.3. The van der Waals surface area contributed by atoms with Crippen molar-refractivity contribution in [2.75, 3.05) is 26.2 Å². The molecule has 0 aromatic heterocycles. The van der Waals surface area contributed by atoms with Crippen LogP contribution in [0.2, 0.25) is 0 Å². The molecule has 5 heteroatoms. The standard InChI is InChI=1S/C13H20N2O3/c1-8-6-12(18-5)10(7-11(8)17-4)15(3)13(16)9(2)14/h6-7,9H,14H2,1-5H3. The Bertz CT molecular complexity index is 444. The van der Waals surface area contributed by atoms with Crippen molar-refractivity contribution < 1.29 is 14.3 Å². The molecule has 100 valence electrons. The molecule has 0 saturated carbocycles. The van der Waals surface area contributed by atoms with Crippen molar-refractivity contribution in [2.45, 2.75) is 19.9 Å². The largest absolute Gasteiger partial charge is 0.496 e. The van der Waals surface area contributed by atoms with Gasteiger partial charge in [0.25, 0.3) is 0 Å². The van der Waals surface area contributed by atoms with E-state index in [0.717, 1.165) is 5.56 Å². The fourth-order valence-corrected chi connectivity index (χ4v) is 1.72. The number of hydrogen-bond donors (Lipinski definition) is 1. The molecule has 5 nitrogen and oxygen atoms in total. The highest BCUT2D eigenvalue weighted by Crippen LogP contribution is 2.34. The van der Waals surface area contributed by atoms with Gasteiger partial charge < -0.3 is 20.1 Å². The lowest BCUT2D eigenvalue weighted by Crippen LogP contribution is -2.39. The highest BCUT2D eigenvalue weighted by atomic mass is 16.5. The Hall–Kier alpha value is -1.75. The van der Waals surface area contributed by atoms with Crippen molar-refractivity contribution in [3.05, 3.63) is 17.7 Å². The first-order chi connectivity index (χ1) is 8.42. The summed E-state index contributed by atoms with van der Waals surface area (Å²) in [5.74, 6) is 1.14. The van der Waals surface area contributed by atoms with E-state index in [9.17, 15) is 4.79 Å². The Labute approximate surface area is 107 Å². The SMILES string of the molecule is COc1cc(N(C)C(=O)C(C)N)c(OC)cc1C. The summed E-state index contributed by atoms with van der Waals surface area (Å²) in [5, 5.41) is 0. The summed E-state index contributed by atoms with van der Waals surface area (Å²) in [6, 6.07) is 3.04. The zero-order valence-electron chi connectivity index (χ0n) is 11.5. The van der Waals surface area contributed by atoms with E-state index in [1.54, 1.807) is 34.3 Å². The lowest BCUT2D eigenvalue weighted by atomic mass is 10.1. The summed E-state index contributed by atoms with van der Waals surface area (Å²) in [4.78, 5) is 13.4. The van der Waals surface area contributed by atoms with Gasteiger partial charge in [-0.2, -0.15) is 0 Å². The molecular formula is C13H20N2O3. The minimum atomic E-state index is -0.563. The molecule has 1 atom stereocenters. The van der Waals surface area contributed by atoms with Crippen molar-refractivity contribution in [1.29, 1.82) is 0 Å². The highest BCUT2D eigenvalue weighted by molar-refractivity contribution is 5.97. The summed E-state index contributed by atoms with van der Waals surface area (Å²) >= 11 is 0. The van der Waals surface area contributed by atoms with E-state index in [1.807, 2.05) is 13.0 Å². The minimum absolute atomic E-state index is 0.181. The third-order valence-corrected chi connectivity index (χ3v) is 2.78. The molecule has 0 aliphatic carbocycles. The molecular weight excluding hydrogens is 232 g/mol. The Kier molecular flexibility index (Phi) is 4.55. The lowest BCUT2D eigenvalue weighted by molar-refractivity contribution is -0.119. The quantitative estimate of drug-likeness (QED) is 0.877. The van der Waals surface area contributed by atoms with Gasteiger partial charge in [-0.1, -0.05) is 0 Å². The third kappa shape index (κ3) is 2.73. The van der Waals surface area contributed by atoms with Gasteiger partial charge in [0.2, 0.25) is 5.91 Å². The van der Waals surface area contributed by atoms with Crippen LogP contribution >= 0.6 is 0 Å². The smallest absolute Gasteiger partial charge is 0.243 e. The van der Waals surface area contributed by atoms with Crippen LogP contribution in [0.25, 0.3) is 0 Å². The van der Waals surface area contributed by atoms with Gasteiger partial charge in [0.05, 0.1) is 25.9 Å². The van der Waals surface area contributed by atoms with Crippen molar-refractivity contribution in [1.82, 2.24) is 0 Å². The Morgan fingerprint density at radius 2 is 1.83 bits per heavy atom. The number of carbonyl (C=O) groups is 1. The number of methoxy groups -OCH3 is 2. The number of hydrogen-bond acceptors (Lipinski definition) is 4. The fourth-order valence-electron chi connectivity index (χ4n) is 1.72. The van der Waals surface area contributed by atoms with E-state index in [2.05, 4.69) is 0 Å². The second-order valence-corrected chi connectivity index (χ2v) is 4.18. The molecule has 1 unspecified atom stereocenters. The normalized spacial score (nSPS) is 11.9. The van der Waals surface area contributed by atoms with Crippen LogP contribution in [-0.2, 0) is 4.79 Å². The van der Waals surface area contributed by atoms with E-state index in [0.29, 0.717) is 17.2 Å². The van der Waals surface area contributed by atoms with Gasteiger partial charge in [-0.3, -0.25) is 4.79 Å². The average Bonchev–Trinajstić information content (AvgIpc) is 2.36. The zero-order valence-corrected chi connectivity index (χ0v) is 11.5. The van der Waals surface area contributed by atoms with Gasteiger partial charge in [-0.25, -0.2) is 0 Å². The van der Waals surface area contributed by atoms with Crippen molar-refractivity contribution in [3.63, 3.8) is 0 Å². The predicted molar refractivity (Wildman–Crippen MR) is 71.3 cm³/mol. The van der Waals surface area contributed by atoms with E-state index in [-0.39, 0.29) is 5.91 Å². The second-order valence-electron chi connectivity index (χ2n) is 4.18. The summed E-state index contributed by atoms with van der Waals surface area (Å²) in [5.41, 5.74) is 7.19. The number of ether oxygens (including phenoxy) is 2. The molecule has 0 aliphatic heterocycles. The topological polar surface area (TPSA) is 64.8 Å². The van der Waals surface area contributed by atoms with Crippen LogP contribution in [0.5, 0.6) is 11.5 Å². The Morgan fingerprint density at radius 1 is 1.28 bits per heavy atom. The van der Waals surface area contributed by atoms with Crippen LogP contribution in [0.15, 0.2) is 12.1 Å². The number of nitrogens with zero attached hydrogens (tertiary/aromatic N) is 1. The first-order valence-corrected chi connectivity index (χ1v) is 5.68. The second kappa shape index (κ2) is 5.73. The van der Waals surface area contributed by atoms with Crippen LogP contribution in [0.4, 0.5) is 5.69 Å². The third-order valence-electron chi connectivity index (χ3n) is 2.78. The number of rotatable bonds is 4. The van der Waals surface area contributed by atoms with Crippen LogP contribution in [-0.4, -0.2) is 33.2 Å². The number of nitrogens with two attached hydrogens (primary N) is 1. The van der Waals surface area contributed by atoms with Crippen LogP contribution in [0, 0.1) is 6.92 Å². The zero-order chi connectivity index (χ0) is 13.9. The maximum atomic E-state index is 11.9. The number of amides is 1. The van der Waals surface area contributed by atoms with Gasteiger partial charge in [0.15, 0.2) is 0 Å². The van der Waals surface area contributed by atoms with Crippen molar-refractivity contribution in [2.24, 2.45) is 5.73 Å². The molecule has 18 heavy (non-hydrogen) atoms. The molecule has 0 radical (unpaired) electrons. The number of aryl methyl sites for hydroxylation is 1. The van der Waals surface area contributed by atoms with E-state index in [4.69, 9.17) is 15.2 Å². The van der Waals surface area contributed by atoms with Crippen molar-refractivity contribution >= 4 is 11.6 Å². The van der Waals surface area contributed by atoms with Crippen LogP contribution < -0.4 is 20.1 Å². The molecule has 1 aromatic carbocycles. The van der Waals surface area contributed by atoms with E-state index in [1.165, 1.54) is 4.90 Å². The average molecular weight is 252 g/mol. The monoisotopic (exact) mass is 252 g/mol. The summed E-state index contributed by atoms with van der Waals surface area (Å²) in [6.07, 6.45) is 0. The highest BCUT2D eigenvalue weighted by Gasteiger charge is 2.20. The Balaban J connectivity index is 3.25. The van der Waals surface area contributed by atoms with Crippen LogP contribution in [0.3, 0.4) is 0 Å². The molecule has 0 spiro atoms. The fraction of sp³-hybridized carbons (Fsp3) is 0.462.